The number of amides is 4. The van der Waals surface area contributed by atoms with Crippen molar-refractivity contribution in [1.82, 2.24) is 44.5 Å². The number of hydrogen-bond acceptors (Lipinski definition) is 12. The maximum Gasteiger partial charge on any atom is 0.322 e. The van der Waals surface area contributed by atoms with Crippen molar-refractivity contribution in [2.45, 2.75) is 109 Å². The van der Waals surface area contributed by atoms with E-state index in [9.17, 15) is 19.2 Å². The Kier molecular flexibility index (Phi) is 14.3. The number of nitrogens with one attached hydrogen (secondary N) is 3. The van der Waals surface area contributed by atoms with Gasteiger partial charge in [-0.2, -0.15) is 19.6 Å². The number of aryl methyl sites for hydroxylation is 1. The fraction of sp³-hybridized carbons (Fsp3) is 0.553. The smallest absolute Gasteiger partial charge is 0.322 e. The van der Waals surface area contributed by atoms with Gasteiger partial charge in [0.15, 0.2) is 5.65 Å². The highest BCUT2D eigenvalue weighted by atomic mass is 16.5. The maximum atomic E-state index is 13.2. The van der Waals surface area contributed by atoms with E-state index in [1.54, 1.807) is 9.42 Å². The number of benzene rings is 2. The van der Waals surface area contributed by atoms with Gasteiger partial charge in [0.05, 0.1) is 6.20 Å². The van der Waals surface area contributed by atoms with Crippen molar-refractivity contribution in [3.63, 3.8) is 0 Å². The molecule has 0 saturated carbocycles. The van der Waals surface area contributed by atoms with E-state index in [4.69, 9.17) is 14.7 Å². The molecule has 16 heteroatoms. The van der Waals surface area contributed by atoms with Crippen LogP contribution < -0.4 is 20.7 Å². The second-order valence-corrected chi connectivity index (χ2v) is 18.0. The monoisotopic (exact) mass is 862 g/mol. The molecule has 4 aromatic rings. The molecule has 1 atom stereocenters. The average Bonchev–Trinajstić information content (AvgIpc) is 3.86. The molecule has 4 aliphatic heterocycles. The molecule has 1 unspecified atom stereocenters. The van der Waals surface area contributed by atoms with Crippen molar-refractivity contribution in [1.29, 1.82) is 0 Å². The van der Waals surface area contributed by atoms with Crippen LogP contribution in [0.4, 0.5) is 11.6 Å². The lowest BCUT2D eigenvalue weighted by atomic mass is 9.98. The molecule has 4 aliphatic rings. The predicted molar refractivity (Wildman–Crippen MR) is 241 cm³/mol. The minimum atomic E-state index is -0.588. The van der Waals surface area contributed by atoms with Gasteiger partial charge in [0.2, 0.25) is 23.7 Å². The number of fused-ring (bicyclic) bond motifs is 2. The topological polar surface area (TPSA) is 170 Å². The summed E-state index contributed by atoms with van der Waals surface area (Å²) in [5.41, 5.74) is 6.51. The van der Waals surface area contributed by atoms with Gasteiger partial charge in [-0.15, -0.1) is 0 Å². The van der Waals surface area contributed by atoms with Crippen molar-refractivity contribution in [2.24, 2.45) is 0 Å². The molecule has 3 saturated heterocycles. The summed E-state index contributed by atoms with van der Waals surface area (Å²) in [7, 11) is 2.13. The number of carbonyl (C=O) groups excluding carboxylic acids is 4. The zero-order valence-corrected chi connectivity index (χ0v) is 37.1. The lowest BCUT2D eigenvalue weighted by Crippen LogP contribution is -2.52. The molecule has 3 fully saturated rings. The Hall–Kier alpha value is -5.45. The molecule has 8 rings (SSSR count). The van der Waals surface area contributed by atoms with Crippen molar-refractivity contribution < 1.29 is 23.9 Å². The summed E-state index contributed by atoms with van der Waals surface area (Å²) in [5.74, 6) is 0.106. The van der Waals surface area contributed by atoms with Crippen LogP contribution in [0.5, 0.6) is 6.01 Å². The normalized spacial score (nSPS) is 19.2. The van der Waals surface area contributed by atoms with Crippen LogP contribution >= 0.6 is 0 Å². The van der Waals surface area contributed by atoms with Gasteiger partial charge in [-0.1, -0.05) is 38.1 Å². The highest BCUT2D eigenvalue weighted by Gasteiger charge is 2.39. The summed E-state index contributed by atoms with van der Waals surface area (Å²) in [5, 5.41) is 13.5. The van der Waals surface area contributed by atoms with Crippen molar-refractivity contribution in [2.75, 3.05) is 70.0 Å². The number of rotatable bonds is 18. The van der Waals surface area contributed by atoms with Gasteiger partial charge < -0.3 is 35.0 Å². The number of nitrogens with zero attached hydrogens (tertiary/aromatic N) is 8. The molecule has 0 aliphatic carbocycles. The van der Waals surface area contributed by atoms with Gasteiger partial charge in [0.1, 0.15) is 12.1 Å². The van der Waals surface area contributed by atoms with Crippen LogP contribution in [-0.2, 0) is 33.9 Å². The van der Waals surface area contributed by atoms with E-state index in [2.05, 4.69) is 62.7 Å². The minimum absolute atomic E-state index is 0.0320. The van der Waals surface area contributed by atoms with E-state index in [1.807, 2.05) is 42.6 Å². The van der Waals surface area contributed by atoms with Crippen LogP contribution in [0.1, 0.15) is 110 Å². The fourth-order valence-corrected chi connectivity index (χ4v) is 9.20. The van der Waals surface area contributed by atoms with Gasteiger partial charge in [-0.25, -0.2) is 0 Å². The number of imide groups is 1. The molecule has 0 radical (unpaired) electrons. The standard InChI is InChI=1S/C47H63N11O5/c1-32(2)38-30-49-58-43(38)52-47(63-36-19-23-54(3)24-20-36)53-46(58)48-29-33-13-15-35(16-14-33)50-41(59)12-5-7-22-56-27-25-55(26-28-56)21-6-4-9-34-10-8-11-37-39(34)31-57(45(37)62)40-17-18-42(60)51-44(40)61/h8,10-11,13-16,30,32,36,40H,4-7,9,12,17-29,31H2,1-3H3,(H,50,59)(H,48,52,53)(H,51,60,61). The third-order valence-corrected chi connectivity index (χ3v) is 13.1. The molecule has 6 heterocycles. The van der Waals surface area contributed by atoms with Crippen LogP contribution in [0.25, 0.3) is 5.65 Å². The first-order chi connectivity index (χ1) is 30.6. The second kappa shape index (κ2) is 20.4. The largest absolute Gasteiger partial charge is 0.460 e. The van der Waals surface area contributed by atoms with Crippen LogP contribution in [-0.4, -0.2) is 134 Å². The summed E-state index contributed by atoms with van der Waals surface area (Å²) >= 11 is 0. The Morgan fingerprint density at radius 2 is 1.62 bits per heavy atom. The van der Waals surface area contributed by atoms with Gasteiger partial charge in [-0.3, -0.25) is 24.5 Å². The number of aromatic nitrogens is 4. The lowest BCUT2D eigenvalue weighted by Gasteiger charge is -2.34. The molecular weight excluding hydrogens is 799 g/mol. The van der Waals surface area contributed by atoms with Crippen molar-refractivity contribution in [3.05, 3.63) is 76.5 Å². The number of hydrogen-bond donors (Lipinski definition) is 3. The first-order valence-electron chi connectivity index (χ1n) is 23.0. The highest BCUT2D eigenvalue weighted by molar-refractivity contribution is 6.05. The van der Waals surface area contributed by atoms with Crippen molar-refractivity contribution in [3.8, 4) is 6.01 Å². The van der Waals surface area contributed by atoms with Gasteiger partial charge in [0, 0.05) is 82.0 Å². The van der Waals surface area contributed by atoms with E-state index < -0.39 is 6.04 Å². The molecule has 0 bridgehead atoms. The maximum absolute atomic E-state index is 13.2. The first kappa shape index (κ1) is 44.2. The van der Waals surface area contributed by atoms with Crippen LogP contribution in [0.15, 0.2) is 48.7 Å². The van der Waals surface area contributed by atoms with Crippen molar-refractivity contribution >= 4 is 40.9 Å². The molecule has 336 valence electrons. The second-order valence-electron chi connectivity index (χ2n) is 18.0. The molecule has 2 aromatic carbocycles. The average molecular weight is 862 g/mol. The van der Waals surface area contributed by atoms with Crippen LogP contribution in [0.2, 0.25) is 0 Å². The Bertz CT molecular complexity index is 2250. The number of unbranched alkanes of at least 4 members (excludes halogenated alkanes) is 2. The summed E-state index contributed by atoms with van der Waals surface area (Å²) in [4.78, 5) is 68.6. The van der Waals surface area contributed by atoms with E-state index >= 15 is 0 Å². The molecule has 16 nitrogen and oxygen atoms in total. The number of likely N-dealkylation sites (tertiary alicyclic amines) is 1. The molecule has 63 heavy (non-hydrogen) atoms. The van der Waals surface area contributed by atoms with E-state index in [0.29, 0.717) is 43.5 Å². The third kappa shape index (κ3) is 11.0. The number of piperazine rings is 1. The zero-order valence-electron chi connectivity index (χ0n) is 37.1. The number of carbonyl (C=O) groups is 4. The molecule has 3 N–H and O–H groups in total. The number of ether oxygens (including phenoxy) is 1. The van der Waals surface area contributed by atoms with Crippen LogP contribution in [0.3, 0.4) is 0 Å². The van der Waals surface area contributed by atoms with E-state index in [0.717, 1.165) is 125 Å². The summed E-state index contributed by atoms with van der Waals surface area (Å²) < 4.78 is 8.04. The number of anilines is 2. The van der Waals surface area contributed by atoms with E-state index in [1.165, 1.54) is 5.56 Å². The van der Waals surface area contributed by atoms with Gasteiger partial charge in [-0.05, 0) is 112 Å². The fourth-order valence-electron chi connectivity index (χ4n) is 9.20. The van der Waals surface area contributed by atoms with E-state index in [-0.39, 0.29) is 42.1 Å². The van der Waals surface area contributed by atoms with Gasteiger partial charge >= 0.3 is 6.01 Å². The lowest BCUT2D eigenvalue weighted by molar-refractivity contribution is -0.137. The SMILES string of the molecule is CC(C)c1cnn2c(NCc3ccc(NC(=O)CCCCN4CCN(CCCCc5cccc6c5CN(C5CCC(=O)NC5=O)C6=O)CC4)cc3)nc(OC3CCN(C)CC3)nc12. The summed E-state index contributed by atoms with van der Waals surface area (Å²) in [6.45, 7) is 13.4. The quantitative estimate of drug-likeness (QED) is 0.0921. The molecule has 4 amide bonds. The Morgan fingerprint density at radius 1 is 0.889 bits per heavy atom. The molecular formula is C47H63N11O5. The van der Waals surface area contributed by atoms with Crippen LogP contribution in [0, 0.1) is 0 Å². The Morgan fingerprint density at radius 3 is 2.33 bits per heavy atom. The third-order valence-electron chi connectivity index (χ3n) is 13.1. The Labute approximate surface area is 370 Å². The molecule has 0 spiro atoms. The summed E-state index contributed by atoms with van der Waals surface area (Å²) in [6, 6.07) is 13.6. The Balaban J connectivity index is 0.708. The first-order valence-corrected chi connectivity index (χ1v) is 23.0. The number of piperidine rings is 2. The highest BCUT2D eigenvalue weighted by Crippen LogP contribution is 2.31. The molecule has 2 aromatic heterocycles. The van der Waals surface area contributed by atoms with Gasteiger partial charge in [0.25, 0.3) is 5.91 Å². The zero-order chi connectivity index (χ0) is 43.9. The minimum Gasteiger partial charge on any atom is -0.460 e. The summed E-state index contributed by atoms with van der Waals surface area (Å²) in [6.07, 6.45) is 9.79. The predicted octanol–water partition coefficient (Wildman–Crippen LogP) is 4.84.